The van der Waals surface area contributed by atoms with Crippen LogP contribution in [0.25, 0.3) is 0 Å². The van der Waals surface area contributed by atoms with E-state index in [-0.39, 0.29) is 5.92 Å². The molecule has 1 unspecified atom stereocenters. The molecule has 0 saturated carbocycles. The van der Waals surface area contributed by atoms with Crippen LogP contribution in [-0.4, -0.2) is 20.3 Å². The van der Waals surface area contributed by atoms with E-state index in [2.05, 4.69) is 12.1 Å². The molecule has 3 nitrogen and oxygen atoms in total. The molecule has 118 valence electrons. The summed E-state index contributed by atoms with van der Waals surface area (Å²) in [5, 5.41) is 0.701. The summed E-state index contributed by atoms with van der Waals surface area (Å²) >= 11 is 6.15. The van der Waals surface area contributed by atoms with Crippen LogP contribution in [0.1, 0.15) is 24.0 Å². The van der Waals surface area contributed by atoms with Gasteiger partial charge in [-0.2, -0.15) is 0 Å². The maximum Gasteiger partial charge on any atom is 0.122 e. The second-order valence-electron chi connectivity index (χ2n) is 5.10. The van der Waals surface area contributed by atoms with Crippen molar-refractivity contribution in [1.82, 2.24) is 0 Å². The van der Waals surface area contributed by atoms with Gasteiger partial charge >= 0.3 is 0 Å². The third-order valence-corrected chi connectivity index (χ3v) is 3.87. The van der Waals surface area contributed by atoms with Crippen molar-refractivity contribution in [3.8, 4) is 11.5 Å². The Labute approximate surface area is 137 Å². The van der Waals surface area contributed by atoms with Crippen molar-refractivity contribution in [2.45, 2.75) is 19.3 Å². The molecule has 2 aromatic rings. The first-order valence-electron chi connectivity index (χ1n) is 7.43. The zero-order chi connectivity index (χ0) is 15.9. The van der Waals surface area contributed by atoms with Gasteiger partial charge in [-0.25, -0.2) is 0 Å². The molecule has 0 radical (unpaired) electrons. The second kappa shape index (κ2) is 8.06. The van der Waals surface area contributed by atoms with Gasteiger partial charge in [0.2, 0.25) is 0 Å². The Morgan fingerprint density at radius 1 is 1.14 bits per heavy atom. The van der Waals surface area contributed by atoms with Crippen LogP contribution in [-0.2, 0) is 6.42 Å². The third kappa shape index (κ3) is 4.15. The zero-order valence-corrected chi connectivity index (χ0v) is 13.8. The number of ether oxygens (including phenoxy) is 2. The predicted molar refractivity (Wildman–Crippen MR) is 91.1 cm³/mol. The minimum atomic E-state index is 0.161. The molecule has 0 aliphatic heterocycles. The van der Waals surface area contributed by atoms with Gasteiger partial charge < -0.3 is 15.2 Å². The smallest absolute Gasteiger partial charge is 0.122 e. The molecule has 22 heavy (non-hydrogen) atoms. The molecule has 0 heterocycles. The molecule has 0 saturated heterocycles. The van der Waals surface area contributed by atoms with E-state index in [4.69, 9.17) is 26.8 Å². The van der Waals surface area contributed by atoms with Crippen LogP contribution in [0, 0.1) is 0 Å². The van der Waals surface area contributed by atoms with Crippen LogP contribution >= 0.6 is 11.6 Å². The fraction of sp³-hybridized carbons (Fsp3) is 0.333. The zero-order valence-electron chi connectivity index (χ0n) is 13.0. The predicted octanol–water partition coefficient (Wildman–Crippen LogP) is 4.03. The van der Waals surface area contributed by atoms with E-state index in [1.54, 1.807) is 7.11 Å². The Kier molecular flexibility index (Phi) is 6.10. The van der Waals surface area contributed by atoms with Crippen LogP contribution in [0.15, 0.2) is 42.5 Å². The van der Waals surface area contributed by atoms with E-state index in [0.29, 0.717) is 18.2 Å². The fourth-order valence-electron chi connectivity index (χ4n) is 2.49. The monoisotopic (exact) mass is 319 g/mol. The third-order valence-electron chi connectivity index (χ3n) is 3.64. The number of rotatable bonds is 7. The van der Waals surface area contributed by atoms with Crippen molar-refractivity contribution < 1.29 is 9.47 Å². The van der Waals surface area contributed by atoms with Gasteiger partial charge in [-0.1, -0.05) is 23.7 Å². The lowest BCUT2D eigenvalue weighted by molar-refractivity contribution is 0.334. The highest BCUT2D eigenvalue weighted by atomic mass is 35.5. The Morgan fingerprint density at radius 2 is 1.86 bits per heavy atom. The topological polar surface area (TPSA) is 44.5 Å². The highest BCUT2D eigenvalue weighted by Gasteiger charge is 2.16. The van der Waals surface area contributed by atoms with E-state index >= 15 is 0 Å². The SMILES string of the molecule is CCOc1ccc(Cl)cc1C(CN)Cc1ccc(OC)cc1. The molecule has 0 amide bonds. The summed E-state index contributed by atoms with van der Waals surface area (Å²) in [6, 6.07) is 13.8. The molecule has 1 atom stereocenters. The van der Waals surface area contributed by atoms with Crippen LogP contribution in [0.5, 0.6) is 11.5 Å². The molecule has 2 N–H and O–H groups in total. The highest BCUT2D eigenvalue weighted by molar-refractivity contribution is 6.30. The van der Waals surface area contributed by atoms with Crippen LogP contribution < -0.4 is 15.2 Å². The van der Waals surface area contributed by atoms with Gasteiger partial charge in [-0.05, 0) is 55.8 Å². The lowest BCUT2D eigenvalue weighted by atomic mass is 9.91. The van der Waals surface area contributed by atoms with E-state index in [9.17, 15) is 0 Å². The van der Waals surface area contributed by atoms with Crippen LogP contribution in [0.2, 0.25) is 5.02 Å². The maximum absolute atomic E-state index is 6.15. The lowest BCUT2D eigenvalue weighted by Gasteiger charge is -2.19. The fourth-order valence-corrected chi connectivity index (χ4v) is 2.67. The molecular formula is C18H22ClNO2. The highest BCUT2D eigenvalue weighted by Crippen LogP contribution is 2.32. The molecule has 0 fully saturated rings. The Balaban J connectivity index is 2.25. The van der Waals surface area contributed by atoms with Crippen molar-refractivity contribution in [1.29, 1.82) is 0 Å². The van der Waals surface area contributed by atoms with E-state index in [0.717, 1.165) is 23.5 Å². The largest absolute Gasteiger partial charge is 0.497 e. The molecule has 2 aromatic carbocycles. The molecular weight excluding hydrogens is 298 g/mol. The summed E-state index contributed by atoms with van der Waals surface area (Å²) in [7, 11) is 1.66. The van der Waals surface area contributed by atoms with Gasteiger partial charge in [0, 0.05) is 16.5 Å². The van der Waals surface area contributed by atoms with Crippen LogP contribution in [0.4, 0.5) is 0 Å². The van der Waals surface area contributed by atoms with Gasteiger partial charge in [0.1, 0.15) is 11.5 Å². The molecule has 0 spiro atoms. The molecule has 2 rings (SSSR count). The van der Waals surface area contributed by atoms with Crippen LogP contribution in [0.3, 0.4) is 0 Å². The summed E-state index contributed by atoms with van der Waals surface area (Å²) in [6.45, 7) is 3.13. The van der Waals surface area contributed by atoms with E-state index in [1.807, 2.05) is 37.3 Å². The number of hydrogen-bond acceptors (Lipinski definition) is 3. The number of hydrogen-bond donors (Lipinski definition) is 1. The average Bonchev–Trinajstić information content (AvgIpc) is 2.55. The Morgan fingerprint density at radius 3 is 2.45 bits per heavy atom. The van der Waals surface area contributed by atoms with Gasteiger partial charge in [0.15, 0.2) is 0 Å². The number of benzene rings is 2. The van der Waals surface area contributed by atoms with Gasteiger partial charge in [0.25, 0.3) is 0 Å². The van der Waals surface area contributed by atoms with Gasteiger partial charge in [-0.15, -0.1) is 0 Å². The van der Waals surface area contributed by atoms with Gasteiger partial charge in [-0.3, -0.25) is 0 Å². The summed E-state index contributed by atoms with van der Waals surface area (Å²) in [4.78, 5) is 0. The summed E-state index contributed by atoms with van der Waals surface area (Å²) in [6.07, 6.45) is 0.834. The van der Waals surface area contributed by atoms with Crippen molar-refractivity contribution in [2.75, 3.05) is 20.3 Å². The van der Waals surface area contributed by atoms with Crippen molar-refractivity contribution in [2.24, 2.45) is 5.73 Å². The average molecular weight is 320 g/mol. The molecule has 0 aliphatic rings. The van der Waals surface area contributed by atoms with Crippen molar-refractivity contribution in [3.05, 3.63) is 58.6 Å². The normalized spacial score (nSPS) is 12.0. The number of methoxy groups -OCH3 is 1. The first kappa shape index (κ1) is 16.7. The lowest BCUT2D eigenvalue weighted by Crippen LogP contribution is -2.16. The molecule has 0 aromatic heterocycles. The van der Waals surface area contributed by atoms with Crippen molar-refractivity contribution in [3.63, 3.8) is 0 Å². The molecule has 4 heteroatoms. The quantitative estimate of drug-likeness (QED) is 0.838. The molecule has 0 bridgehead atoms. The number of halogens is 1. The standard InChI is InChI=1S/C18H22ClNO2/c1-3-22-18-9-6-15(19)11-17(18)14(12-20)10-13-4-7-16(21-2)8-5-13/h4-9,11,14H,3,10,12,20H2,1-2H3. The minimum absolute atomic E-state index is 0.161. The minimum Gasteiger partial charge on any atom is -0.497 e. The maximum atomic E-state index is 6.15. The first-order chi connectivity index (χ1) is 10.7. The van der Waals surface area contributed by atoms with E-state index in [1.165, 1.54) is 5.56 Å². The number of nitrogens with two attached hydrogens (primary N) is 1. The second-order valence-corrected chi connectivity index (χ2v) is 5.54. The van der Waals surface area contributed by atoms with Crippen molar-refractivity contribution >= 4 is 11.6 Å². The Hall–Kier alpha value is -1.71. The summed E-state index contributed by atoms with van der Waals surface area (Å²) in [5.74, 6) is 1.87. The van der Waals surface area contributed by atoms with Gasteiger partial charge in [0.05, 0.1) is 13.7 Å². The van der Waals surface area contributed by atoms with E-state index < -0.39 is 0 Å². The Bertz CT molecular complexity index is 599. The summed E-state index contributed by atoms with van der Waals surface area (Å²) < 4.78 is 10.9. The molecule has 0 aliphatic carbocycles. The summed E-state index contributed by atoms with van der Waals surface area (Å²) in [5.41, 5.74) is 8.27. The first-order valence-corrected chi connectivity index (χ1v) is 7.81.